The number of hydrogen-bond acceptors (Lipinski definition) is 6. The van der Waals surface area contributed by atoms with Gasteiger partial charge in [0.25, 0.3) is 9.05 Å². The van der Waals surface area contributed by atoms with Crippen LogP contribution in [0.25, 0.3) is 0 Å². The molecule has 0 fully saturated rings. The van der Waals surface area contributed by atoms with Crippen molar-refractivity contribution in [3.05, 3.63) is 18.2 Å². The molecule has 0 atom stereocenters. The third-order valence-corrected chi connectivity index (χ3v) is 3.72. The van der Waals surface area contributed by atoms with Crippen LogP contribution < -0.4 is 10.1 Å². The molecule has 1 aromatic carbocycles. The van der Waals surface area contributed by atoms with Crippen LogP contribution in [-0.2, 0) is 23.3 Å². The molecule has 0 aliphatic rings. The first-order valence-electron chi connectivity index (χ1n) is 5.87. The number of carbonyl (C=O) groups excluding carboxylic acids is 1. The van der Waals surface area contributed by atoms with Gasteiger partial charge in [-0.3, -0.25) is 4.79 Å². The van der Waals surface area contributed by atoms with Crippen molar-refractivity contribution in [3.63, 3.8) is 0 Å². The minimum atomic E-state index is -3.98. The average molecular weight is 338 g/mol. The summed E-state index contributed by atoms with van der Waals surface area (Å²) in [5.74, 6) is -0.325. The lowest BCUT2D eigenvalue weighted by molar-refractivity contribution is -0.121. The number of benzene rings is 1. The lowest BCUT2D eigenvalue weighted by atomic mass is 10.3. The Balaban J connectivity index is 2.74. The summed E-state index contributed by atoms with van der Waals surface area (Å²) < 4.78 is 37.6. The van der Waals surface area contributed by atoms with Gasteiger partial charge in [0.1, 0.15) is 17.3 Å². The second kappa shape index (κ2) is 8.18. The van der Waals surface area contributed by atoms with Crippen LogP contribution in [0.5, 0.6) is 5.75 Å². The molecule has 0 bridgehead atoms. The van der Waals surface area contributed by atoms with Crippen molar-refractivity contribution in [2.45, 2.75) is 4.90 Å². The lowest BCUT2D eigenvalue weighted by Gasteiger charge is -2.10. The maximum absolute atomic E-state index is 11.6. The Morgan fingerprint density at radius 1 is 1.29 bits per heavy atom. The summed E-state index contributed by atoms with van der Waals surface area (Å²) in [5.41, 5.74) is 0.273. The molecular weight excluding hydrogens is 322 g/mol. The van der Waals surface area contributed by atoms with Crippen molar-refractivity contribution in [1.29, 1.82) is 0 Å². The molecule has 7 nitrogen and oxygen atoms in total. The molecule has 1 N–H and O–H groups in total. The third kappa shape index (κ3) is 5.88. The number of anilines is 1. The molecule has 0 aliphatic carbocycles. The van der Waals surface area contributed by atoms with Crippen LogP contribution >= 0.6 is 10.7 Å². The van der Waals surface area contributed by atoms with Crippen LogP contribution in [0.15, 0.2) is 23.1 Å². The Kier molecular flexibility index (Phi) is 6.90. The second-order valence-electron chi connectivity index (χ2n) is 3.90. The molecule has 0 spiro atoms. The number of carbonyl (C=O) groups is 1. The topological polar surface area (TPSA) is 90.9 Å². The first-order valence-corrected chi connectivity index (χ1v) is 8.18. The molecule has 0 radical (unpaired) electrons. The molecule has 0 saturated heterocycles. The normalized spacial score (nSPS) is 11.2. The van der Waals surface area contributed by atoms with Gasteiger partial charge in [-0.05, 0) is 18.2 Å². The molecule has 0 saturated carbocycles. The quantitative estimate of drug-likeness (QED) is 0.566. The molecule has 0 heterocycles. The van der Waals surface area contributed by atoms with Gasteiger partial charge < -0.3 is 19.5 Å². The van der Waals surface area contributed by atoms with Crippen LogP contribution in [0, 0.1) is 0 Å². The molecule has 118 valence electrons. The van der Waals surface area contributed by atoms with Crippen molar-refractivity contribution in [2.75, 3.05) is 39.4 Å². The largest absolute Gasteiger partial charge is 0.495 e. The maximum Gasteiger partial charge on any atom is 0.265 e. The summed E-state index contributed by atoms with van der Waals surface area (Å²) in [6, 6.07) is 4.11. The molecule has 1 rings (SSSR count). The predicted octanol–water partition coefficient (Wildman–Crippen LogP) is 1.22. The standard InChI is InChI=1S/C12H16ClNO6S/c1-18-5-6-20-8-12(15)14-9-3-4-10(19-2)11(7-9)21(13,16)17/h3-4,7H,5-6,8H2,1-2H3,(H,14,15). The van der Waals surface area contributed by atoms with Crippen LogP contribution in [0.3, 0.4) is 0 Å². The van der Waals surface area contributed by atoms with Crippen LogP contribution in [0.2, 0.25) is 0 Å². The van der Waals surface area contributed by atoms with Crippen LogP contribution in [0.4, 0.5) is 5.69 Å². The van der Waals surface area contributed by atoms with E-state index in [-0.39, 0.29) is 29.5 Å². The van der Waals surface area contributed by atoms with Crippen LogP contribution in [-0.4, -0.2) is 48.4 Å². The first-order chi connectivity index (χ1) is 9.88. The van der Waals surface area contributed by atoms with Gasteiger partial charge in [0.15, 0.2) is 0 Å². The van der Waals surface area contributed by atoms with E-state index >= 15 is 0 Å². The molecule has 21 heavy (non-hydrogen) atoms. The molecular formula is C12H16ClNO6S. The highest BCUT2D eigenvalue weighted by Gasteiger charge is 2.17. The number of methoxy groups -OCH3 is 2. The highest BCUT2D eigenvalue weighted by molar-refractivity contribution is 8.13. The minimum Gasteiger partial charge on any atom is -0.495 e. The number of hydrogen-bond donors (Lipinski definition) is 1. The van der Waals surface area contributed by atoms with Crippen molar-refractivity contribution in [2.24, 2.45) is 0 Å². The van der Waals surface area contributed by atoms with Gasteiger partial charge in [0.2, 0.25) is 5.91 Å². The molecule has 1 amide bonds. The van der Waals surface area contributed by atoms with Gasteiger partial charge in [0, 0.05) is 23.5 Å². The molecule has 0 unspecified atom stereocenters. The van der Waals surface area contributed by atoms with Gasteiger partial charge >= 0.3 is 0 Å². The Hall–Kier alpha value is -1.35. The monoisotopic (exact) mass is 337 g/mol. The summed E-state index contributed by atoms with van der Waals surface area (Å²) in [7, 11) is 4.18. The smallest absolute Gasteiger partial charge is 0.265 e. The maximum atomic E-state index is 11.6. The van der Waals surface area contributed by atoms with Gasteiger partial charge in [-0.15, -0.1) is 0 Å². The van der Waals surface area contributed by atoms with Crippen molar-refractivity contribution in [1.82, 2.24) is 0 Å². The fraction of sp³-hybridized carbons (Fsp3) is 0.417. The fourth-order valence-electron chi connectivity index (χ4n) is 1.45. The van der Waals surface area contributed by atoms with E-state index in [1.165, 1.54) is 32.4 Å². The van der Waals surface area contributed by atoms with E-state index in [0.29, 0.717) is 6.61 Å². The van der Waals surface area contributed by atoms with E-state index in [1.54, 1.807) is 0 Å². The van der Waals surface area contributed by atoms with E-state index in [4.69, 9.17) is 24.9 Å². The van der Waals surface area contributed by atoms with E-state index in [2.05, 4.69) is 5.32 Å². The SMILES string of the molecule is COCCOCC(=O)Nc1ccc(OC)c(S(=O)(=O)Cl)c1. The molecule has 1 aromatic rings. The van der Waals surface area contributed by atoms with Gasteiger partial charge in [-0.25, -0.2) is 8.42 Å². The van der Waals surface area contributed by atoms with Crippen molar-refractivity contribution >= 4 is 31.3 Å². The minimum absolute atomic E-state index is 0.0966. The highest BCUT2D eigenvalue weighted by Crippen LogP contribution is 2.29. The third-order valence-electron chi connectivity index (χ3n) is 2.38. The summed E-state index contributed by atoms with van der Waals surface area (Å²) in [5, 5.41) is 2.50. The predicted molar refractivity (Wildman–Crippen MR) is 77.4 cm³/mol. The molecule has 9 heteroatoms. The second-order valence-corrected chi connectivity index (χ2v) is 6.43. The summed E-state index contributed by atoms with van der Waals surface area (Å²) in [4.78, 5) is 11.4. The Morgan fingerprint density at radius 3 is 2.57 bits per heavy atom. The fourth-order valence-corrected chi connectivity index (χ4v) is 2.47. The Bertz CT molecular complexity index is 589. The van der Waals surface area contributed by atoms with E-state index < -0.39 is 15.0 Å². The van der Waals surface area contributed by atoms with Gasteiger partial charge in [-0.1, -0.05) is 0 Å². The van der Waals surface area contributed by atoms with Crippen molar-refractivity contribution < 1.29 is 27.4 Å². The number of nitrogens with one attached hydrogen (secondary N) is 1. The van der Waals surface area contributed by atoms with Gasteiger partial charge in [-0.2, -0.15) is 0 Å². The van der Waals surface area contributed by atoms with E-state index in [0.717, 1.165) is 0 Å². The molecule has 0 aliphatic heterocycles. The summed E-state index contributed by atoms with van der Waals surface area (Å²) >= 11 is 0. The van der Waals surface area contributed by atoms with Crippen molar-refractivity contribution in [3.8, 4) is 5.75 Å². The van der Waals surface area contributed by atoms with E-state index in [9.17, 15) is 13.2 Å². The number of amides is 1. The highest BCUT2D eigenvalue weighted by atomic mass is 35.7. The Morgan fingerprint density at radius 2 is 2.00 bits per heavy atom. The van der Waals surface area contributed by atoms with Crippen LogP contribution in [0.1, 0.15) is 0 Å². The summed E-state index contributed by atoms with van der Waals surface area (Å²) in [6.45, 7) is 0.497. The lowest BCUT2D eigenvalue weighted by Crippen LogP contribution is -2.19. The number of rotatable bonds is 8. The zero-order valence-electron chi connectivity index (χ0n) is 11.6. The zero-order valence-corrected chi connectivity index (χ0v) is 13.2. The average Bonchev–Trinajstić information content (AvgIpc) is 2.42. The molecule has 0 aromatic heterocycles. The van der Waals surface area contributed by atoms with E-state index in [1.807, 2.05) is 0 Å². The first kappa shape index (κ1) is 17.7. The van der Waals surface area contributed by atoms with Gasteiger partial charge in [0.05, 0.1) is 20.3 Å². The Labute approximate surface area is 127 Å². The summed E-state index contributed by atoms with van der Waals surface area (Å²) in [6.07, 6.45) is 0. The zero-order chi connectivity index (χ0) is 15.9. The number of halogens is 1. The number of ether oxygens (including phenoxy) is 3.